The third-order valence-corrected chi connectivity index (χ3v) is 3.83. The molecule has 6 nitrogen and oxygen atoms in total. The Morgan fingerprint density at radius 1 is 1.35 bits per heavy atom. The first-order chi connectivity index (χ1) is 9.71. The zero-order chi connectivity index (χ0) is 14.0. The molecule has 1 saturated carbocycles. The average Bonchev–Trinajstić information content (AvgIpc) is 2.99. The van der Waals surface area contributed by atoms with Crippen LogP contribution in [0.25, 0.3) is 5.95 Å². The number of hydrogen-bond acceptors (Lipinski definition) is 5. The number of halogens is 1. The predicted octanol–water partition coefficient (Wildman–Crippen LogP) is 2.70. The molecule has 1 aliphatic rings. The number of rotatable bonds is 6. The highest BCUT2D eigenvalue weighted by Crippen LogP contribution is 2.49. The van der Waals surface area contributed by atoms with E-state index in [-0.39, 0.29) is 5.28 Å². The van der Waals surface area contributed by atoms with E-state index in [0.29, 0.717) is 17.3 Å². The molecule has 0 aromatic carbocycles. The third-order valence-electron chi connectivity index (χ3n) is 3.66. The number of nitrogens with zero attached hydrogens (tertiary/aromatic N) is 5. The number of aromatic nitrogens is 5. The molecule has 20 heavy (non-hydrogen) atoms. The van der Waals surface area contributed by atoms with Gasteiger partial charge in [0.2, 0.25) is 11.2 Å². The van der Waals surface area contributed by atoms with Crippen molar-refractivity contribution in [2.24, 2.45) is 5.41 Å². The first kappa shape index (κ1) is 13.3. The zero-order valence-corrected chi connectivity index (χ0v) is 12.1. The van der Waals surface area contributed by atoms with Crippen LogP contribution in [0.15, 0.2) is 18.5 Å². The van der Waals surface area contributed by atoms with Crippen LogP contribution >= 0.6 is 11.6 Å². The maximum absolute atomic E-state index is 5.95. The molecule has 1 aliphatic carbocycles. The molecule has 1 N–H and O–H groups in total. The second-order valence-electron chi connectivity index (χ2n) is 5.28. The van der Waals surface area contributed by atoms with Crippen molar-refractivity contribution >= 4 is 17.5 Å². The van der Waals surface area contributed by atoms with E-state index in [1.165, 1.54) is 25.7 Å². The van der Waals surface area contributed by atoms with Gasteiger partial charge in [0.05, 0.1) is 0 Å². The van der Waals surface area contributed by atoms with Crippen LogP contribution in [0.3, 0.4) is 0 Å². The van der Waals surface area contributed by atoms with Crippen molar-refractivity contribution in [2.75, 3.05) is 11.9 Å². The summed E-state index contributed by atoms with van der Waals surface area (Å²) in [7, 11) is 0. The molecule has 1 fully saturated rings. The van der Waals surface area contributed by atoms with Crippen molar-refractivity contribution in [3.05, 3.63) is 23.7 Å². The molecular formula is C13H17ClN6. The number of hydrogen-bond donors (Lipinski definition) is 1. The normalized spacial score (nSPS) is 16.1. The van der Waals surface area contributed by atoms with E-state index in [9.17, 15) is 0 Å². The molecule has 0 unspecified atom stereocenters. The minimum absolute atomic E-state index is 0.174. The molecule has 0 atom stereocenters. The van der Waals surface area contributed by atoms with Gasteiger partial charge in [0.1, 0.15) is 0 Å². The standard InChI is InChI=1S/C13H17ClN6/c1-2-4-13(5-6-13)9-15-11-17-10(14)18-12(19-11)20-8-3-7-16-20/h3,7-8H,2,4-6,9H2,1H3,(H,15,17,18,19). The van der Waals surface area contributed by atoms with Gasteiger partial charge in [0, 0.05) is 18.9 Å². The SMILES string of the molecule is CCCC1(CNc2nc(Cl)nc(-n3cccn3)n2)CC1. The van der Waals surface area contributed by atoms with E-state index in [1.54, 1.807) is 17.1 Å². The highest BCUT2D eigenvalue weighted by atomic mass is 35.5. The van der Waals surface area contributed by atoms with E-state index < -0.39 is 0 Å². The Bertz CT molecular complexity index is 579. The molecule has 3 rings (SSSR count). The highest BCUT2D eigenvalue weighted by Gasteiger charge is 2.41. The number of anilines is 1. The fourth-order valence-electron chi connectivity index (χ4n) is 2.40. The van der Waals surface area contributed by atoms with Crippen molar-refractivity contribution in [1.82, 2.24) is 24.7 Å². The van der Waals surface area contributed by atoms with Gasteiger partial charge >= 0.3 is 0 Å². The summed E-state index contributed by atoms with van der Waals surface area (Å²) >= 11 is 5.95. The van der Waals surface area contributed by atoms with Crippen LogP contribution in [-0.4, -0.2) is 31.3 Å². The average molecular weight is 293 g/mol. The van der Waals surface area contributed by atoms with Crippen LogP contribution in [-0.2, 0) is 0 Å². The Labute approximate surface area is 122 Å². The molecule has 106 valence electrons. The summed E-state index contributed by atoms with van der Waals surface area (Å²) in [6.45, 7) is 3.11. The lowest BCUT2D eigenvalue weighted by Crippen LogP contribution is -2.18. The van der Waals surface area contributed by atoms with Gasteiger partial charge in [-0.3, -0.25) is 0 Å². The fourth-order valence-corrected chi connectivity index (χ4v) is 2.55. The minimum Gasteiger partial charge on any atom is -0.353 e. The molecule has 0 bridgehead atoms. The lowest BCUT2D eigenvalue weighted by Gasteiger charge is -2.15. The maximum Gasteiger partial charge on any atom is 0.256 e. The summed E-state index contributed by atoms with van der Waals surface area (Å²) in [5.41, 5.74) is 0.430. The van der Waals surface area contributed by atoms with Crippen molar-refractivity contribution in [3.8, 4) is 5.95 Å². The Kier molecular flexibility index (Phi) is 3.56. The Morgan fingerprint density at radius 2 is 2.20 bits per heavy atom. The molecule has 0 saturated heterocycles. The van der Waals surface area contributed by atoms with Gasteiger partial charge in [-0.15, -0.1) is 0 Å². The topological polar surface area (TPSA) is 68.5 Å². The summed E-state index contributed by atoms with van der Waals surface area (Å²) in [5, 5.41) is 7.56. The second-order valence-corrected chi connectivity index (χ2v) is 5.62. The van der Waals surface area contributed by atoms with E-state index >= 15 is 0 Å². The highest BCUT2D eigenvalue weighted by molar-refractivity contribution is 6.28. The molecule has 0 radical (unpaired) electrons. The van der Waals surface area contributed by atoms with Crippen molar-refractivity contribution in [3.63, 3.8) is 0 Å². The Morgan fingerprint density at radius 3 is 2.85 bits per heavy atom. The molecule has 2 aromatic rings. The van der Waals surface area contributed by atoms with Crippen LogP contribution in [0, 0.1) is 5.41 Å². The minimum atomic E-state index is 0.174. The van der Waals surface area contributed by atoms with Crippen LogP contribution in [0.2, 0.25) is 5.28 Å². The summed E-state index contributed by atoms with van der Waals surface area (Å²) in [6.07, 6.45) is 8.44. The van der Waals surface area contributed by atoms with Gasteiger partial charge < -0.3 is 5.32 Å². The van der Waals surface area contributed by atoms with Gasteiger partial charge in [-0.25, -0.2) is 4.68 Å². The van der Waals surface area contributed by atoms with E-state index in [0.717, 1.165) is 6.54 Å². The molecule has 2 aromatic heterocycles. The molecule has 0 spiro atoms. The van der Waals surface area contributed by atoms with E-state index in [1.807, 2.05) is 6.07 Å². The maximum atomic E-state index is 5.95. The molecule has 7 heteroatoms. The zero-order valence-electron chi connectivity index (χ0n) is 11.4. The van der Waals surface area contributed by atoms with Crippen molar-refractivity contribution in [2.45, 2.75) is 32.6 Å². The van der Waals surface area contributed by atoms with Crippen molar-refractivity contribution in [1.29, 1.82) is 0 Å². The summed E-state index contributed by atoms with van der Waals surface area (Å²) in [4.78, 5) is 12.6. The van der Waals surface area contributed by atoms with Crippen LogP contribution in [0.1, 0.15) is 32.6 Å². The monoisotopic (exact) mass is 292 g/mol. The first-order valence-corrected chi connectivity index (χ1v) is 7.24. The van der Waals surface area contributed by atoms with Gasteiger partial charge in [0.15, 0.2) is 0 Å². The largest absolute Gasteiger partial charge is 0.353 e. The second kappa shape index (κ2) is 5.36. The third kappa shape index (κ3) is 2.90. The summed E-state index contributed by atoms with van der Waals surface area (Å²) in [5.74, 6) is 0.940. The fraction of sp³-hybridized carbons (Fsp3) is 0.538. The molecule has 2 heterocycles. The van der Waals surface area contributed by atoms with Crippen LogP contribution < -0.4 is 5.32 Å². The quantitative estimate of drug-likeness (QED) is 0.886. The lowest BCUT2D eigenvalue weighted by molar-refractivity contribution is 0.484. The Balaban J connectivity index is 1.74. The van der Waals surface area contributed by atoms with Crippen molar-refractivity contribution < 1.29 is 0 Å². The van der Waals surface area contributed by atoms with Gasteiger partial charge in [-0.2, -0.15) is 20.1 Å². The van der Waals surface area contributed by atoms with E-state index in [4.69, 9.17) is 11.6 Å². The van der Waals surface area contributed by atoms with Crippen LogP contribution in [0.5, 0.6) is 0 Å². The molecule has 0 aliphatic heterocycles. The van der Waals surface area contributed by atoms with Gasteiger partial charge in [-0.1, -0.05) is 13.3 Å². The van der Waals surface area contributed by atoms with Crippen LogP contribution in [0.4, 0.5) is 5.95 Å². The predicted molar refractivity (Wildman–Crippen MR) is 77.0 cm³/mol. The summed E-state index contributed by atoms with van der Waals surface area (Å²) < 4.78 is 1.57. The molecule has 0 amide bonds. The lowest BCUT2D eigenvalue weighted by atomic mass is 10.0. The Hall–Kier alpha value is -1.69. The summed E-state index contributed by atoms with van der Waals surface area (Å²) in [6, 6.07) is 1.81. The smallest absolute Gasteiger partial charge is 0.256 e. The van der Waals surface area contributed by atoms with Gasteiger partial charge in [-0.05, 0) is 42.3 Å². The van der Waals surface area contributed by atoms with Gasteiger partial charge in [0.25, 0.3) is 5.95 Å². The first-order valence-electron chi connectivity index (χ1n) is 6.86. The molecular weight excluding hydrogens is 276 g/mol. The number of nitrogens with one attached hydrogen (secondary N) is 1. The van der Waals surface area contributed by atoms with E-state index in [2.05, 4.69) is 32.3 Å².